The first-order chi connectivity index (χ1) is 14.1. The molecule has 158 valence electrons. The first-order valence-corrected chi connectivity index (χ1v) is 11.7. The minimum Gasteiger partial charge on any atom is -0.343 e. The Morgan fingerprint density at radius 2 is 1.72 bits per heavy atom. The van der Waals surface area contributed by atoms with Gasteiger partial charge in [0, 0.05) is 38.5 Å². The van der Waals surface area contributed by atoms with Crippen LogP contribution < -0.4 is 0 Å². The average molecular weight is 397 g/mol. The summed E-state index contributed by atoms with van der Waals surface area (Å²) in [5.74, 6) is 1.27. The van der Waals surface area contributed by atoms with Crippen molar-refractivity contribution in [1.29, 1.82) is 0 Å². The number of nitrogens with zero attached hydrogens (tertiary/aromatic N) is 2. The fourth-order valence-corrected chi connectivity index (χ4v) is 6.19. The molecule has 0 unspecified atom stereocenters. The van der Waals surface area contributed by atoms with E-state index in [1.165, 1.54) is 24.0 Å². The molecule has 2 amide bonds. The zero-order valence-electron chi connectivity index (χ0n) is 18.2. The topological polar surface area (TPSA) is 40.6 Å². The van der Waals surface area contributed by atoms with E-state index in [9.17, 15) is 9.59 Å². The summed E-state index contributed by atoms with van der Waals surface area (Å²) < 4.78 is 0. The van der Waals surface area contributed by atoms with Crippen molar-refractivity contribution in [3.63, 3.8) is 0 Å². The molecule has 4 nitrogen and oxygen atoms in total. The van der Waals surface area contributed by atoms with Gasteiger partial charge in [0.2, 0.25) is 11.8 Å². The molecular formula is C25H36N2O2. The van der Waals surface area contributed by atoms with Gasteiger partial charge >= 0.3 is 0 Å². The third-order valence-electron chi connectivity index (χ3n) is 7.88. The van der Waals surface area contributed by atoms with E-state index in [1.807, 2.05) is 4.90 Å². The van der Waals surface area contributed by atoms with E-state index < -0.39 is 0 Å². The van der Waals surface area contributed by atoms with Crippen LogP contribution in [0.25, 0.3) is 0 Å². The largest absolute Gasteiger partial charge is 0.343 e. The van der Waals surface area contributed by atoms with E-state index in [2.05, 4.69) is 43.0 Å². The van der Waals surface area contributed by atoms with E-state index in [-0.39, 0.29) is 17.2 Å². The average Bonchev–Trinajstić information content (AvgIpc) is 3.37. The van der Waals surface area contributed by atoms with Gasteiger partial charge in [-0.05, 0) is 68.4 Å². The lowest BCUT2D eigenvalue weighted by atomic mass is 9.73. The molecule has 1 saturated heterocycles. The fourth-order valence-electron chi connectivity index (χ4n) is 6.19. The van der Waals surface area contributed by atoms with Crippen molar-refractivity contribution in [3.05, 3.63) is 35.4 Å². The molecule has 1 spiro atoms. The lowest BCUT2D eigenvalue weighted by Crippen LogP contribution is -2.46. The molecule has 1 atom stereocenters. The summed E-state index contributed by atoms with van der Waals surface area (Å²) in [7, 11) is 0. The Hall–Kier alpha value is -1.84. The first-order valence-electron chi connectivity index (χ1n) is 11.7. The van der Waals surface area contributed by atoms with Crippen LogP contribution in [0.5, 0.6) is 0 Å². The second-order valence-electron chi connectivity index (χ2n) is 9.35. The Morgan fingerprint density at radius 3 is 2.38 bits per heavy atom. The van der Waals surface area contributed by atoms with Gasteiger partial charge in [-0.2, -0.15) is 0 Å². The van der Waals surface area contributed by atoms with Crippen LogP contribution in [-0.4, -0.2) is 47.8 Å². The predicted octanol–water partition coefficient (Wildman–Crippen LogP) is 4.48. The Balaban J connectivity index is 1.47. The van der Waals surface area contributed by atoms with E-state index in [0.717, 1.165) is 58.3 Å². The van der Waals surface area contributed by atoms with Crippen LogP contribution in [0.1, 0.15) is 82.3 Å². The summed E-state index contributed by atoms with van der Waals surface area (Å²) in [6.45, 7) is 7.44. The standard InChI is InChI=1S/C25H36N2O2/c1-3-26(4-2)23(28)17-20-18-25(22-12-8-7-11-21(20)22)13-15-27(16-14-25)24(29)19-9-5-6-10-19/h7-8,11-12,19-20H,3-6,9-10,13-18H2,1-2H3/t20-/m0/s1. The van der Waals surface area contributed by atoms with Crippen molar-refractivity contribution in [2.45, 2.75) is 76.5 Å². The zero-order chi connectivity index (χ0) is 20.4. The number of piperidine rings is 1. The predicted molar refractivity (Wildman–Crippen MR) is 116 cm³/mol. The highest BCUT2D eigenvalue weighted by Crippen LogP contribution is 2.53. The second-order valence-corrected chi connectivity index (χ2v) is 9.35. The number of carbonyl (C=O) groups excluding carboxylic acids is 2. The van der Waals surface area contributed by atoms with Gasteiger partial charge in [-0.15, -0.1) is 0 Å². The fraction of sp³-hybridized carbons (Fsp3) is 0.680. The monoisotopic (exact) mass is 396 g/mol. The minimum atomic E-state index is 0.150. The van der Waals surface area contributed by atoms with Gasteiger partial charge in [0.25, 0.3) is 0 Å². The van der Waals surface area contributed by atoms with Crippen LogP contribution in [0.2, 0.25) is 0 Å². The van der Waals surface area contributed by atoms with E-state index in [4.69, 9.17) is 0 Å². The third kappa shape index (κ3) is 3.83. The lowest BCUT2D eigenvalue weighted by molar-refractivity contribution is -0.137. The van der Waals surface area contributed by atoms with E-state index >= 15 is 0 Å². The quantitative estimate of drug-likeness (QED) is 0.736. The van der Waals surface area contributed by atoms with Crippen molar-refractivity contribution >= 4 is 11.8 Å². The summed E-state index contributed by atoms with van der Waals surface area (Å²) in [5, 5.41) is 0. The van der Waals surface area contributed by atoms with Crippen LogP contribution in [0.3, 0.4) is 0 Å². The first kappa shape index (κ1) is 20.4. The summed E-state index contributed by atoms with van der Waals surface area (Å²) in [5.41, 5.74) is 2.98. The van der Waals surface area contributed by atoms with E-state index in [1.54, 1.807) is 0 Å². The third-order valence-corrected chi connectivity index (χ3v) is 7.88. The van der Waals surface area contributed by atoms with E-state index in [0.29, 0.717) is 18.2 Å². The Kier molecular flexibility index (Phi) is 5.98. The van der Waals surface area contributed by atoms with Crippen LogP contribution in [-0.2, 0) is 15.0 Å². The molecule has 3 aliphatic rings. The maximum Gasteiger partial charge on any atom is 0.225 e. The van der Waals surface area contributed by atoms with Crippen molar-refractivity contribution < 1.29 is 9.59 Å². The van der Waals surface area contributed by atoms with Crippen LogP contribution in [0.15, 0.2) is 24.3 Å². The molecule has 1 aromatic rings. The molecular weight excluding hydrogens is 360 g/mol. The lowest BCUT2D eigenvalue weighted by Gasteiger charge is -2.41. The van der Waals surface area contributed by atoms with Gasteiger partial charge in [-0.3, -0.25) is 9.59 Å². The Labute approximate surface area is 175 Å². The molecule has 1 heterocycles. The smallest absolute Gasteiger partial charge is 0.225 e. The van der Waals surface area contributed by atoms with Crippen LogP contribution in [0.4, 0.5) is 0 Å². The molecule has 0 bridgehead atoms. The zero-order valence-corrected chi connectivity index (χ0v) is 18.2. The number of hydrogen-bond donors (Lipinski definition) is 0. The highest BCUT2D eigenvalue weighted by atomic mass is 16.2. The van der Waals surface area contributed by atoms with Crippen molar-refractivity contribution in [2.24, 2.45) is 5.92 Å². The second kappa shape index (κ2) is 8.49. The molecule has 2 aliphatic carbocycles. The molecule has 1 saturated carbocycles. The molecule has 4 heteroatoms. The molecule has 0 N–H and O–H groups in total. The molecule has 0 aromatic heterocycles. The maximum atomic E-state index is 12.9. The molecule has 1 aromatic carbocycles. The molecule has 2 fully saturated rings. The van der Waals surface area contributed by atoms with Crippen molar-refractivity contribution in [3.8, 4) is 0 Å². The number of carbonyl (C=O) groups is 2. The number of rotatable bonds is 5. The highest BCUT2D eigenvalue weighted by molar-refractivity contribution is 5.79. The Morgan fingerprint density at radius 1 is 1.07 bits per heavy atom. The van der Waals surface area contributed by atoms with Crippen molar-refractivity contribution in [1.82, 2.24) is 9.80 Å². The minimum absolute atomic E-state index is 0.150. The number of likely N-dealkylation sites (tertiary alicyclic amines) is 1. The van der Waals surface area contributed by atoms with Gasteiger partial charge in [-0.25, -0.2) is 0 Å². The Bertz CT molecular complexity index is 741. The SMILES string of the molecule is CCN(CC)C(=O)C[C@H]1CC2(CCN(C(=O)C3CCCC3)CC2)c2ccccc21. The summed E-state index contributed by atoms with van der Waals surface area (Å²) >= 11 is 0. The molecule has 1 aliphatic heterocycles. The number of benzene rings is 1. The van der Waals surface area contributed by atoms with Gasteiger partial charge in [0.15, 0.2) is 0 Å². The summed E-state index contributed by atoms with van der Waals surface area (Å²) in [6.07, 6.45) is 8.35. The molecule has 0 radical (unpaired) electrons. The number of hydrogen-bond acceptors (Lipinski definition) is 2. The summed E-state index contributed by atoms with van der Waals surface area (Å²) in [6, 6.07) is 8.78. The van der Waals surface area contributed by atoms with Gasteiger partial charge < -0.3 is 9.80 Å². The molecule has 4 rings (SSSR count). The maximum absolute atomic E-state index is 12.9. The van der Waals surface area contributed by atoms with Gasteiger partial charge in [-0.1, -0.05) is 37.1 Å². The van der Waals surface area contributed by atoms with Gasteiger partial charge in [0.1, 0.15) is 0 Å². The van der Waals surface area contributed by atoms with Crippen molar-refractivity contribution in [2.75, 3.05) is 26.2 Å². The number of amides is 2. The van der Waals surface area contributed by atoms with Gasteiger partial charge in [0.05, 0.1) is 0 Å². The van der Waals surface area contributed by atoms with Crippen LogP contribution in [0, 0.1) is 5.92 Å². The normalized spacial score (nSPS) is 23.4. The summed E-state index contributed by atoms with van der Waals surface area (Å²) in [4.78, 5) is 29.8. The highest BCUT2D eigenvalue weighted by Gasteiger charge is 2.46. The van der Waals surface area contributed by atoms with Crippen LogP contribution >= 0.6 is 0 Å². The number of fused-ring (bicyclic) bond motifs is 2. The molecule has 29 heavy (non-hydrogen) atoms.